The normalized spacial score (nSPS) is 18.0. The van der Waals surface area contributed by atoms with Gasteiger partial charge in [0.1, 0.15) is 0 Å². The van der Waals surface area contributed by atoms with E-state index in [1.54, 1.807) is 0 Å². The van der Waals surface area contributed by atoms with Gasteiger partial charge in [-0.15, -0.1) is 0 Å². The molecule has 0 heterocycles. The second kappa shape index (κ2) is 6.42. The van der Waals surface area contributed by atoms with E-state index in [4.69, 9.17) is 10.7 Å². The Labute approximate surface area is 127 Å². The molecule has 0 unspecified atom stereocenters. The highest BCUT2D eigenvalue weighted by Crippen LogP contribution is 2.36. The van der Waals surface area contributed by atoms with Crippen molar-refractivity contribution in [2.75, 3.05) is 0 Å². The second-order valence-electron chi connectivity index (χ2n) is 4.89. The first-order chi connectivity index (χ1) is 8.96. The summed E-state index contributed by atoms with van der Waals surface area (Å²) in [5, 5.41) is 1.01. The zero-order chi connectivity index (χ0) is 13.9. The van der Waals surface area contributed by atoms with E-state index >= 15 is 0 Å². The first-order valence-electron chi connectivity index (χ1n) is 6.38. The molecule has 19 heavy (non-hydrogen) atoms. The van der Waals surface area contributed by atoms with Crippen LogP contribution in [0.25, 0.3) is 6.08 Å². The molecule has 0 aliphatic heterocycles. The minimum absolute atomic E-state index is 0.623. The Kier molecular flexibility index (Phi) is 5.09. The van der Waals surface area contributed by atoms with Crippen LogP contribution in [0.1, 0.15) is 49.1 Å². The van der Waals surface area contributed by atoms with Gasteiger partial charge in [0.05, 0.1) is 0 Å². The van der Waals surface area contributed by atoms with Crippen LogP contribution < -0.4 is 0 Å². The van der Waals surface area contributed by atoms with Crippen LogP contribution >= 0.6 is 26.6 Å². The fourth-order valence-corrected chi connectivity index (χ4v) is 3.75. The van der Waals surface area contributed by atoms with Crippen LogP contribution in [0.15, 0.2) is 28.1 Å². The Morgan fingerprint density at radius 1 is 1.21 bits per heavy atom. The lowest BCUT2D eigenvalue weighted by atomic mass is 9.84. The van der Waals surface area contributed by atoms with Crippen molar-refractivity contribution in [2.24, 2.45) is 0 Å². The SMILES string of the molecule is O=S(=O)(Cl)/C=C/c1ccc(C2CCCCC2)c(Br)c1. The summed E-state index contributed by atoms with van der Waals surface area (Å²) < 4.78 is 22.8. The molecule has 0 saturated heterocycles. The molecule has 1 aromatic carbocycles. The first-order valence-corrected chi connectivity index (χ1v) is 9.54. The Hall–Kier alpha value is -0.320. The summed E-state index contributed by atoms with van der Waals surface area (Å²) in [7, 11) is 1.56. The van der Waals surface area contributed by atoms with Gasteiger partial charge in [0.15, 0.2) is 0 Å². The number of benzene rings is 1. The van der Waals surface area contributed by atoms with Gasteiger partial charge in [0, 0.05) is 20.6 Å². The third kappa shape index (κ3) is 4.62. The van der Waals surface area contributed by atoms with Crippen LogP contribution in [0, 0.1) is 0 Å². The van der Waals surface area contributed by atoms with E-state index in [0.29, 0.717) is 5.92 Å². The molecule has 0 bridgehead atoms. The lowest BCUT2D eigenvalue weighted by molar-refractivity contribution is 0.442. The number of hydrogen-bond acceptors (Lipinski definition) is 2. The molecule has 0 atom stereocenters. The average Bonchev–Trinajstić information content (AvgIpc) is 2.37. The summed E-state index contributed by atoms with van der Waals surface area (Å²) in [6, 6.07) is 5.97. The number of halogens is 2. The fraction of sp³-hybridized carbons (Fsp3) is 0.429. The summed E-state index contributed by atoms with van der Waals surface area (Å²) in [5.41, 5.74) is 2.15. The van der Waals surface area contributed by atoms with Crippen LogP contribution in [0.4, 0.5) is 0 Å². The van der Waals surface area contributed by atoms with E-state index in [1.165, 1.54) is 43.7 Å². The van der Waals surface area contributed by atoms with Crippen molar-refractivity contribution in [3.63, 3.8) is 0 Å². The molecule has 0 spiro atoms. The molecule has 1 aliphatic carbocycles. The summed E-state index contributed by atoms with van der Waals surface area (Å²) in [6.07, 6.45) is 7.92. The van der Waals surface area contributed by atoms with Gasteiger partial charge < -0.3 is 0 Å². The Bertz CT molecular complexity index is 575. The zero-order valence-corrected chi connectivity index (χ0v) is 13.6. The lowest BCUT2D eigenvalue weighted by Gasteiger charge is -2.23. The van der Waals surface area contributed by atoms with Gasteiger partial charge in [0.2, 0.25) is 0 Å². The maximum atomic E-state index is 10.9. The highest BCUT2D eigenvalue weighted by Gasteiger charge is 2.17. The van der Waals surface area contributed by atoms with E-state index in [2.05, 4.69) is 22.0 Å². The molecule has 2 nitrogen and oxygen atoms in total. The lowest BCUT2D eigenvalue weighted by Crippen LogP contribution is -2.05. The first kappa shape index (κ1) is 15.1. The molecule has 2 rings (SSSR count). The van der Waals surface area contributed by atoms with Crippen LogP contribution in [0.3, 0.4) is 0 Å². The Balaban J connectivity index is 2.19. The Morgan fingerprint density at radius 2 is 1.89 bits per heavy atom. The van der Waals surface area contributed by atoms with Crippen molar-refractivity contribution in [3.05, 3.63) is 39.2 Å². The molecule has 1 fully saturated rings. The largest absolute Gasteiger partial charge is 0.254 e. The number of rotatable bonds is 3. The summed E-state index contributed by atoms with van der Waals surface area (Å²) in [6.45, 7) is 0. The van der Waals surface area contributed by atoms with Crippen molar-refractivity contribution in [1.29, 1.82) is 0 Å². The van der Waals surface area contributed by atoms with Crippen molar-refractivity contribution >= 4 is 41.7 Å². The molecule has 1 saturated carbocycles. The van der Waals surface area contributed by atoms with Crippen molar-refractivity contribution in [1.82, 2.24) is 0 Å². The molecule has 1 aliphatic rings. The predicted molar refractivity (Wildman–Crippen MR) is 83.8 cm³/mol. The van der Waals surface area contributed by atoms with Gasteiger partial charge in [-0.2, -0.15) is 0 Å². The van der Waals surface area contributed by atoms with Crippen LogP contribution in [0.5, 0.6) is 0 Å². The van der Waals surface area contributed by atoms with Gasteiger partial charge in [0.25, 0.3) is 9.05 Å². The van der Waals surface area contributed by atoms with Gasteiger partial charge in [-0.1, -0.05) is 47.3 Å². The maximum absolute atomic E-state index is 10.9. The highest BCUT2D eigenvalue weighted by molar-refractivity contribution is 9.10. The van der Waals surface area contributed by atoms with Gasteiger partial charge in [-0.05, 0) is 42.0 Å². The molecular weight excluding hydrogens is 348 g/mol. The van der Waals surface area contributed by atoms with Crippen molar-refractivity contribution in [3.8, 4) is 0 Å². The van der Waals surface area contributed by atoms with Crippen molar-refractivity contribution in [2.45, 2.75) is 38.0 Å². The van der Waals surface area contributed by atoms with Gasteiger partial charge >= 0.3 is 0 Å². The highest BCUT2D eigenvalue weighted by atomic mass is 79.9. The zero-order valence-electron chi connectivity index (χ0n) is 10.5. The standard InChI is InChI=1S/C14H16BrClO2S/c15-14-10-11(8-9-19(16,17)18)6-7-13(14)12-4-2-1-3-5-12/h6-10,12H,1-5H2/b9-8+. The molecular formula is C14H16BrClO2S. The summed E-state index contributed by atoms with van der Waals surface area (Å²) in [4.78, 5) is 0. The molecule has 0 amide bonds. The van der Waals surface area contributed by atoms with Gasteiger partial charge in [-0.25, -0.2) is 8.42 Å². The fourth-order valence-electron chi connectivity index (χ4n) is 2.55. The van der Waals surface area contributed by atoms with Crippen LogP contribution in [-0.4, -0.2) is 8.42 Å². The third-order valence-electron chi connectivity index (χ3n) is 3.49. The number of hydrogen-bond donors (Lipinski definition) is 0. The molecule has 5 heteroatoms. The van der Waals surface area contributed by atoms with E-state index in [9.17, 15) is 8.42 Å². The van der Waals surface area contributed by atoms with E-state index in [1.807, 2.05) is 12.1 Å². The summed E-state index contributed by atoms with van der Waals surface area (Å²) >= 11 is 3.59. The maximum Gasteiger partial charge on any atom is 0.254 e. The molecule has 0 radical (unpaired) electrons. The smallest absolute Gasteiger partial charge is 0.208 e. The minimum Gasteiger partial charge on any atom is -0.208 e. The third-order valence-corrected chi connectivity index (χ3v) is 4.95. The molecule has 0 N–H and O–H groups in total. The average molecular weight is 364 g/mol. The van der Waals surface area contributed by atoms with Crippen molar-refractivity contribution < 1.29 is 8.42 Å². The summed E-state index contributed by atoms with van der Waals surface area (Å²) in [5.74, 6) is 0.623. The molecule has 104 valence electrons. The predicted octanol–water partition coefficient (Wildman–Crippen LogP) is 5.04. The van der Waals surface area contributed by atoms with Crippen LogP contribution in [0.2, 0.25) is 0 Å². The van der Waals surface area contributed by atoms with E-state index < -0.39 is 9.05 Å². The van der Waals surface area contributed by atoms with Gasteiger partial charge in [-0.3, -0.25) is 0 Å². The minimum atomic E-state index is -3.59. The topological polar surface area (TPSA) is 34.1 Å². The second-order valence-corrected chi connectivity index (χ2v) is 8.26. The Morgan fingerprint density at radius 3 is 2.47 bits per heavy atom. The van der Waals surface area contributed by atoms with E-state index in [0.717, 1.165) is 15.4 Å². The van der Waals surface area contributed by atoms with E-state index in [-0.39, 0.29) is 0 Å². The van der Waals surface area contributed by atoms with Crippen LogP contribution in [-0.2, 0) is 9.05 Å². The molecule has 1 aromatic rings. The molecule has 0 aromatic heterocycles. The quantitative estimate of drug-likeness (QED) is 0.705. The monoisotopic (exact) mass is 362 g/mol.